The van der Waals surface area contributed by atoms with Gasteiger partial charge in [-0.05, 0) is 107 Å². The Balaban J connectivity index is 1.24. The smallest absolute Gasteiger partial charge is 0.260 e. The minimum absolute atomic E-state index is 0.0661. The molecule has 3 aliphatic heterocycles. The SMILES string of the molecule is Cc1cc(C2CCN(C)CC2)ncc1-c1cc2cnc(Nc3ccc(C4CCNC4)cc3)nc2n(C2CCN(S(C)=O)CC2)c1=O. The van der Waals surface area contributed by atoms with Gasteiger partial charge in [0.25, 0.3) is 5.56 Å². The zero-order valence-corrected chi connectivity index (χ0v) is 27.9. The Morgan fingerprint density at radius 3 is 2.35 bits per heavy atom. The number of piperidine rings is 2. The quantitative estimate of drug-likeness (QED) is 0.299. The van der Waals surface area contributed by atoms with Crippen LogP contribution in [0.5, 0.6) is 0 Å². The summed E-state index contributed by atoms with van der Waals surface area (Å²) in [5.74, 6) is 1.45. The Morgan fingerprint density at radius 1 is 0.913 bits per heavy atom. The number of rotatable bonds is 7. The average Bonchev–Trinajstić information content (AvgIpc) is 3.61. The maximum Gasteiger partial charge on any atom is 0.260 e. The molecule has 10 nitrogen and oxygen atoms in total. The summed E-state index contributed by atoms with van der Waals surface area (Å²) in [6.45, 7) is 7.64. The van der Waals surface area contributed by atoms with Crippen LogP contribution in [0.2, 0.25) is 0 Å². The lowest BCUT2D eigenvalue weighted by Crippen LogP contribution is -2.38. The van der Waals surface area contributed by atoms with Crippen LogP contribution in [0.1, 0.15) is 66.8 Å². The van der Waals surface area contributed by atoms with E-state index < -0.39 is 11.0 Å². The Morgan fingerprint density at radius 2 is 1.67 bits per heavy atom. The van der Waals surface area contributed by atoms with Gasteiger partial charge in [-0.3, -0.25) is 14.3 Å². The van der Waals surface area contributed by atoms with Crippen LogP contribution in [0.4, 0.5) is 11.6 Å². The Labute approximate surface area is 273 Å². The van der Waals surface area contributed by atoms with Crippen LogP contribution in [-0.4, -0.2) is 85.5 Å². The second-order valence-electron chi connectivity index (χ2n) is 13.2. The lowest BCUT2D eigenvalue weighted by atomic mass is 9.91. The highest BCUT2D eigenvalue weighted by Gasteiger charge is 2.27. The first kappa shape index (κ1) is 31.1. The number of nitrogens with zero attached hydrogens (tertiary/aromatic N) is 6. The van der Waals surface area contributed by atoms with Crippen LogP contribution in [0.25, 0.3) is 22.2 Å². The van der Waals surface area contributed by atoms with Crippen LogP contribution in [0.3, 0.4) is 0 Å². The van der Waals surface area contributed by atoms with Crippen molar-refractivity contribution in [3.8, 4) is 11.1 Å². The number of likely N-dealkylation sites (tertiary alicyclic amines) is 1. The van der Waals surface area contributed by atoms with Gasteiger partial charge in [-0.1, -0.05) is 12.1 Å². The third-order valence-corrected chi connectivity index (χ3v) is 11.3. The van der Waals surface area contributed by atoms with Crippen molar-refractivity contribution in [3.63, 3.8) is 0 Å². The highest BCUT2D eigenvalue weighted by molar-refractivity contribution is 7.81. The van der Waals surface area contributed by atoms with Gasteiger partial charge in [0.2, 0.25) is 5.95 Å². The lowest BCUT2D eigenvalue weighted by Gasteiger charge is -2.31. The summed E-state index contributed by atoms with van der Waals surface area (Å²) in [4.78, 5) is 31.4. The summed E-state index contributed by atoms with van der Waals surface area (Å²) < 4.78 is 16.0. The van der Waals surface area contributed by atoms with Crippen LogP contribution in [0.15, 0.2) is 53.6 Å². The second kappa shape index (κ2) is 13.3. The Kier molecular flexibility index (Phi) is 9.00. The van der Waals surface area contributed by atoms with Crippen LogP contribution in [-0.2, 0) is 11.0 Å². The van der Waals surface area contributed by atoms with Crippen molar-refractivity contribution in [2.45, 2.75) is 56.9 Å². The standard InChI is InChI=1S/C35H44N8O2S/c1-23-18-32(25-9-14-41(2)15-10-25)37-22-31(23)30-19-27-21-38-35(39-28-6-4-24(5-7-28)26-8-13-36-20-26)40-33(27)43(34(30)44)29-11-16-42(17-12-29)46(3)45/h4-7,18-19,21-22,25-26,29,36H,8-17,20H2,1-3H3,(H,38,39,40). The van der Waals surface area contributed by atoms with Gasteiger partial charge in [-0.2, -0.15) is 4.98 Å². The molecule has 1 aromatic carbocycles. The van der Waals surface area contributed by atoms with Gasteiger partial charge < -0.3 is 15.5 Å². The maximum atomic E-state index is 14.5. The van der Waals surface area contributed by atoms with Crippen molar-refractivity contribution >= 4 is 33.7 Å². The van der Waals surface area contributed by atoms with Crippen molar-refractivity contribution in [1.29, 1.82) is 0 Å². The molecule has 4 aromatic rings. The highest BCUT2D eigenvalue weighted by Crippen LogP contribution is 2.32. The monoisotopic (exact) mass is 640 g/mol. The molecule has 3 aromatic heterocycles. The van der Waals surface area contributed by atoms with Gasteiger partial charge in [-0.25, -0.2) is 13.5 Å². The number of anilines is 2. The molecule has 6 heterocycles. The number of benzene rings is 1. The zero-order valence-electron chi connectivity index (χ0n) is 27.0. The molecule has 0 spiro atoms. The molecule has 0 bridgehead atoms. The molecular formula is C35H44N8O2S. The molecular weight excluding hydrogens is 597 g/mol. The van der Waals surface area contributed by atoms with Crippen LogP contribution in [0, 0.1) is 6.92 Å². The number of nitrogens with one attached hydrogen (secondary N) is 2. The second-order valence-corrected chi connectivity index (χ2v) is 14.6. The molecule has 3 aliphatic rings. The molecule has 242 valence electrons. The van der Waals surface area contributed by atoms with E-state index >= 15 is 0 Å². The minimum atomic E-state index is -1.03. The van der Waals surface area contributed by atoms with Crippen molar-refractivity contribution in [1.82, 2.24) is 34.0 Å². The van der Waals surface area contributed by atoms with E-state index in [9.17, 15) is 9.00 Å². The number of pyridine rings is 2. The van der Waals surface area contributed by atoms with Crippen molar-refractivity contribution < 1.29 is 4.21 Å². The van der Waals surface area contributed by atoms with Crippen LogP contribution < -0.4 is 16.2 Å². The topological polar surface area (TPSA) is 108 Å². The van der Waals surface area contributed by atoms with Gasteiger partial charge in [0.15, 0.2) is 0 Å². The molecule has 3 saturated heterocycles. The van der Waals surface area contributed by atoms with Crippen molar-refractivity contribution in [3.05, 3.63) is 76.0 Å². The van der Waals surface area contributed by atoms with E-state index in [2.05, 4.69) is 64.8 Å². The lowest BCUT2D eigenvalue weighted by molar-refractivity contribution is 0.253. The van der Waals surface area contributed by atoms with Crippen molar-refractivity contribution in [2.24, 2.45) is 0 Å². The third kappa shape index (κ3) is 6.38. The number of fused-ring (bicyclic) bond motifs is 1. The molecule has 0 amide bonds. The molecule has 2 unspecified atom stereocenters. The average molecular weight is 641 g/mol. The summed E-state index contributed by atoms with van der Waals surface area (Å²) in [5.41, 5.74) is 6.43. The first-order valence-electron chi connectivity index (χ1n) is 16.6. The molecule has 46 heavy (non-hydrogen) atoms. The number of hydrogen-bond donors (Lipinski definition) is 2. The first-order valence-corrected chi connectivity index (χ1v) is 18.1. The predicted octanol–water partition coefficient (Wildman–Crippen LogP) is 4.72. The molecule has 2 atom stereocenters. The minimum Gasteiger partial charge on any atom is -0.324 e. The van der Waals surface area contributed by atoms with Gasteiger partial charge in [0, 0.05) is 78.1 Å². The van der Waals surface area contributed by atoms with E-state index in [-0.39, 0.29) is 11.6 Å². The van der Waals surface area contributed by atoms with Gasteiger partial charge in [0.1, 0.15) is 5.65 Å². The molecule has 3 fully saturated rings. The maximum absolute atomic E-state index is 14.5. The normalized spacial score (nSPS) is 21.2. The summed E-state index contributed by atoms with van der Waals surface area (Å²) in [6, 6.07) is 12.5. The largest absolute Gasteiger partial charge is 0.324 e. The number of aryl methyl sites for hydroxylation is 1. The summed E-state index contributed by atoms with van der Waals surface area (Å²) in [5, 5.41) is 7.61. The predicted molar refractivity (Wildman–Crippen MR) is 185 cm³/mol. The molecule has 0 aliphatic carbocycles. The highest BCUT2D eigenvalue weighted by atomic mass is 32.2. The molecule has 7 rings (SSSR count). The molecule has 2 N–H and O–H groups in total. The zero-order chi connectivity index (χ0) is 31.8. The van der Waals surface area contributed by atoms with E-state index in [0.29, 0.717) is 54.9 Å². The van der Waals surface area contributed by atoms with Gasteiger partial charge >= 0.3 is 0 Å². The Bertz CT molecular complexity index is 1790. The number of aromatic nitrogens is 4. The van der Waals surface area contributed by atoms with E-state index in [1.54, 1.807) is 6.26 Å². The van der Waals surface area contributed by atoms with Crippen LogP contribution >= 0.6 is 0 Å². The fourth-order valence-electron chi connectivity index (χ4n) is 7.36. The fraction of sp³-hybridized carbons (Fsp3) is 0.486. The number of hydrogen-bond acceptors (Lipinski definition) is 8. The molecule has 11 heteroatoms. The van der Waals surface area contributed by atoms with E-state index in [1.165, 1.54) is 5.56 Å². The Hall–Kier alpha value is -3.51. The summed E-state index contributed by atoms with van der Waals surface area (Å²) in [6.07, 6.45) is 10.2. The van der Waals surface area contributed by atoms with E-state index in [4.69, 9.17) is 9.97 Å². The van der Waals surface area contributed by atoms with E-state index in [1.807, 2.05) is 27.3 Å². The fourth-order valence-corrected chi connectivity index (χ4v) is 8.09. The summed E-state index contributed by atoms with van der Waals surface area (Å²) in [7, 11) is 1.14. The summed E-state index contributed by atoms with van der Waals surface area (Å²) >= 11 is 0. The van der Waals surface area contributed by atoms with E-state index in [0.717, 1.165) is 73.3 Å². The van der Waals surface area contributed by atoms with Gasteiger partial charge in [-0.15, -0.1) is 0 Å². The van der Waals surface area contributed by atoms with Crippen molar-refractivity contribution in [2.75, 3.05) is 57.9 Å². The molecule has 0 radical (unpaired) electrons. The first-order chi connectivity index (χ1) is 22.3. The van der Waals surface area contributed by atoms with Gasteiger partial charge in [0.05, 0.1) is 11.0 Å². The molecule has 0 saturated carbocycles. The third-order valence-electron chi connectivity index (χ3n) is 10.2.